The summed E-state index contributed by atoms with van der Waals surface area (Å²) >= 11 is 0. The summed E-state index contributed by atoms with van der Waals surface area (Å²) in [7, 11) is -1.41. The van der Waals surface area contributed by atoms with Gasteiger partial charge >= 0.3 is 6.18 Å². The molecule has 0 aliphatic heterocycles. The highest BCUT2D eigenvalue weighted by atomic mass is 32.2. The maximum atomic E-state index is 12.3. The molecule has 1 aromatic rings. The van der Waals surface area contributed by atoms with E-state index < -0.39 is 27.5 Å². The normalized spacial score (nSPS) is 15.0. The summed E-state index contributed by atoms with van der Waals surface area (Å²) in [5, 5.41) is 0. The van der Waals surface area contributed by atoms with Crippen molar-refractivity contribution in [1.82, 2.24) is 0 Å². The number of hydrogen-bond donors (Lipinski definition) is 0. The zero-order chi connectivity index (χ0) is 14.0. The van der Waals surface area contributed by atoms with Crippen LogP contribution < -0.4 is 0 Å². The fourth-order valence-corrected chi connectivity index (χ4v) is 1.56. The Morgan fingerprint density at radius 1 is 1.11 bits per heavy atom. The lowest BCUT2D eigenvalue weighted by Crippen LogP contribution is -2.19. The van der Waals surface area contributed by atoms with Crippen LogP contribution in [-0.2, 0) is 17.2 Å². The molecule has 0 unspecified atom stereocenters. The van der Waals surface area contributed by atoms with Gasteiger partial charge in [-0.3, -0.25) is 0 Å². The van der Waals surface area contributed by atoms with Crippen LogP contribution in [0.15, 0.2) is 28.7 Å². The van der Waals surface area contributed by atoms with E-state index in [1.54, 1.807) is 20.8 Å². The van der Waals surface area contributed by atoms with Crippen molar-refractivity contribution < 1.29 is 17.4 Å². The van der Waals surface area contributed by atoms with Crippen LogP contribution in [-0.4, -0.2) is 15.2 Å². The molecule has 0 fully saturated rings. The summed E-state index contributed by atoms with van der Waals surface area (Å²) in [4.78, 5) is 0. The monoisotopic (exact) mass is 277 g/mol. The number of nitrogens with zero attached hydrogens (tertiary/aromatic N) is 1. The van der Waals surface area contributed by atoms with Gasteiger partial charge in [-0.1, -0.05) is 12.1 Å². The second kappa shape index (κ2) is 5.22. The largest absolute Gasteiger partial charge is 0.416 e. The molecule has 0 saturated heterocycles. The van der Waals surface area contributed by atoms with Crippen LogP contribution in [0.3, 0.4) is 0 Å². The Morgan fingerprint density at radius 3 is 2.00 bits per heavy atom. The van der Waals surface area contributed by atoms with Crippen LogP contribution in [0.2, 0.25) is 0 Å². The van der Waals surface area contributed by atoms with Crippen molar-refractivity contribution in [2.45, 2.75) is 31.7 Å². The van der Waals surface area contributed by atoms with Gasteiger partial charge in [0.15, 0.2) is 0 Å². The van der Waals surface area contributed by atoms with Gasteiger partial charge in [-0.05, 0) is 38.5 Å². The Kier molecular flexibility index (Phi) is 4.32. The summed E-state index contributed by atoms with van der Waals surface area (Å²) in [6.07, 6.45) is -3.02. The maximum Gasteiger partial charge on any atom is 0.416 e. The van der Waals surface area contributed by atoms with Crippen molar-refractivity contribution in [3.05, 3.63) is 35.4 Å². The van der Waals surface area contributed by atoms with Gasteiger partial charge in [0.25, 0.3) is 0 Å². The fraction of sp³-hybridized carbons (Fsp3) is 0.417. The highest BCUT2D eigenvalue weighted by Gasteiger charge is 2.29. The molecule has 18 heavy (non-hydrogen) atoms. The molecule has 1 rings (SSSR count). The minimum atomic E-state index is -4.34. The predicted molar refractivity (Wildman–Crippen MR) is 66.9 cm³/mol. The van der Waals surface area contributed by atoms with Gasteiger partial charge in [-0.25, -0.2) is 4.21 Å². The molecule has 0 amide bonds. The molecular weight excluding hydrogens is 263 g/mol. The summed E-state index contributed by atoms with van der Waals surface area (Å²) in [6, 6.07) is 4.54. The smallest absolute Gasteiger partial charge is 0.234 e. The zero-order valence-electron chi connectivity index (χ0n) is 10.3. The van der Waals surface area contributed by atoms with Crippen molar-refractivity contribution in [1.29, 1.82) is 0 Å². The van der Waals surface area contributed by atoms with E-state index in [9.17, 15) is 17.4 Å². The Hall–Kier alpha value is -1.17. The van der Waals surface area contributed by atoms with Gasteiger partial charge in [0.2, 0.25) is 0 Å². The molecule has 0 N–H and O–H groups in total. The van der Waals surface area contributed by atoms with Crippen molar-refractivity contribution in [2.24, 2.45) is 4.40 Å². The van der Waals surface area contributed by atoms with Crippen molar-refractivity contribution in [2.75, 3.05) is 0 Å². The summed E-state index contributed by atoms with van der Waals surface area (Å²) in [5.41, 5.74) is -0.225. The first-order chi connectivity index (χ1) is 8.10. The third kappa shape index (κ3) is 4.25. The lowest BCUT2D eigenvalue weighted by atomic mass is 10.1. The summed E-state index contributed by atoms with van der Waals surface area (Å²) in [6.45, 7) is 5.31. The molecule has 0 aromatic heterocycles. The number of hydrogen-bond acceptors (Lipinski definition) is 1. The molecule has 1 atom stereocenters. The van der Waals surface area contributed by atoms with Crippen molar-refractivity contribution in [3.8, 4) is 0 Å². The molecule has 100 valence electrons. The summed E-state index contributed by atoms with van der Waals surface area (Å²) < 4.78 is 51.9. The second-order valence-electron chi connectivity index (χ2n) is 4.72. The molecule has 0 spiro atoms. The SMILES string of the molecule is CC(C)(C)[S@](=O)/N=C/c1ccc(C(F)(F)F)cc1. The molecule has 0 aliphatic rings. The number of halogens is 3. The first kappa shape index (κ1) is 14.9. The number of alkyl halides is 3. The lowest BCUT2D eigenvalue weighted by molar-refractivity contribution is -0.137. The van der Waals surface area contributed by atoms with Crippen LogP contribution >= 0.6 is 0 Å². The average molecular weight is 277 g/mol. The van der Waals surface area contributed by atoms with Crippen LogP contribution in [0, 0.1) is 0 Å². The van der Waals surface area contributed by atoms with Gasteiger partial charge in [0.05, 0.1) is 10.3 Å². The van der Waals surface area contributed by atoms with E-state index in [0.29, 0.717) is 5.56 Å². The third-order valence-electron chi connectivity index (χ3n) is 2.06. The van der Waals surface area contributed by atoms with Crippen LogP contribution in [0.1, 0.15) is 31.9 Å². The third-order valence-corrected chi connectivity index (χ3v) is 3.40. The molecule has 0 bridgehead atoms. The molecule has 2 nitrogen and oxygen atoms in total. The molecule has 1 aromatic carbocycles. The quantitative estimate of drug-likeness (QED) is 0.760. The minimum Gasteiger partial charge on any atom is -0.234 e. The number of benzene rings is 1. The number of rotatable bonds is 2. The fourth-order valence-electron chi connectivity index (χ4n) is 1.03. The maximum absolute atomic E-state index is 12.3. The van der Waals surface area contributed by atoms with Gasteiger partial charge in [-0.15, -0.1) is 0 Å². The van der Waals surface area contributed by atoms with Gasteiger partial charge in [0, 0.05) is 6.21 Å². The van der Waals surface area contributed by atoms with Crippen LogP contribution in [0.5, 0.6) is 0 Å². The standard InChI is InChI=1S/C12H14F3NOS/c1-11(2,3)18(17)16-8-9-4-6-10(7-5-9)12(13,14)15/h4-8H,1-3H3/b16-8+/t18-/m0/s1. The lowest BCUT2D eigenvalue weighted by Gasteiger charge is -2.12. The van der Waals surface area contributed by atoms with E-state index in [1.165, 1.54) is 18.3 Å². The van der Waals surface area contributed by atoms with E-state index in [2.05, 4.69) is 4.40 Å². The molecule has 0 aliphatic carbocycles. The predicted octanol–water partition coefficient (Wildman–Crippen LogP) is 3.59. The van der Waals surface area contributed by atoms with E-state index in [1.807, 2.05) is 0 Å². The van der Waals surface area contributed by atoms with Crippen LogP contribution in [0.25, 0.3) is 0 Å². The van der Waals surface area contributed by atoms with Crippen molar-refractivity contribution in [3.63, 3.8) is 0 Å². The second-order valence-corrected chi connectivity index (χ2v) is 6.65. The van der Waals surface area contributed by atoms with Gasteiger partial charge in [0.1, 0.15) is 11.0 Å². The first-order valence-electron chi connectivity index (χ1n) is 5.24. The molecule has 6 heteroatoms. The highest BCUT2D eigenvalue weighted by molar-refractivity contribution is 7.85. The highest BCUT2D eigenvalue weighted by Crippen LogP contribution is 2.28. The molecule has 0 heterocycles. The van der Waals surface area contributed by atoms with Crippen LogP contribution in [0.4, 0.5) is 13.2 Å². The average Bonchev–Trinajstić information content (AvgIpc) is 2.24. The topological polar surface area (TPSA) is 29.4 Å². The molecule has 0 radical (unpaired) electrons. The Labute approximate surface area is 107 Å². The van der Waals surface area contributed by atoms with Gasteiger partial charge in [-0.2, -0.15) is 17.6 Å². The van der Waals surface area contributed by atoms with E-state index in [0.717, 1.165) is 12.1 Å². The minimum absolute atomic E-state index is 0.484. The molecule has 0 saturated carbocycles. The molecular formula is C12H14F3NOS. The van der Waals surface area contributed by atoms with Gasteiger partial charge < -0.3 is 0 Å². The van der Waals surface area contributed by atoms with E-state index in [4.69, 9.17) is 0 Å². The summed E-state index contributed by atoms with van der Waals surface area (Å²) in [5.74, 6) is 0. The van der Waals surface area contributed by atoms with E-state index in [-0.39, 0.29) is 0 Å². The zero-order valence-corrected chi connectivity index (χ0v) is 11.1. The Morgan fingerprint density at radius 2 is 1.61 bits per heavy atom. The Balaban J connectivity index is 2.82. The van der Waals surface area contributed by atoms with Crippen molar-refractivity contribution >= 4 is 17.2 Å². The Bertz CT molecular complexity index is 458. The van der Waals surface area contributed by atoms with E-state index >= 15 is 0 Å². The first-order valence-corrected chi connectivity index (χ1v) is 6.35.